The van der Waals surface area contributed by atoms with Crippen LogP contribution in [0.25, 0.3) is 11.3 Å². The summed E-state index contributed by atoms with van der Waals surface area (Å²) < 4.78 is 5.69. The molecule has 2 aromatic rings. The van der Waals surface area contributed by atoms with Gasteiger partial charge in [0.25, 0.3) is 0 Å². The van der Waals surface area contributed by atoms with Crippen molar-refractivity contribution in [2.45, 2.75) is 25.7 Å². The molecule has 2 heterocycles. The first-order valence-electron chi connectivity index (χ1n) is 8.25. The molecule has 0 saturated carbocycles. The molecule has 3 rings (SSSR count). The van der Waals surface area contributed by atoms with Gasteiger partial charge in [0.05, 0.1) is 17.1 Å². The number of piperidine rings is 1. The SMILES string of the molecule is O=C(O)C1CCN(C(=O)CCc2ncc(-c3ccccc3Cl)o2)CC1. The molecule has 7 heteroatoms. The van der Waals surface area contributed by atoms with E-state index in [0.717, 1.165) is 5.56 Å². The number of aryl methyl sites for hydroxylation is 1. The number of aliphatic carboxylic acids is 1. The van der Waals surface area contributed by atoms with Gasteiger partial charge >= 0.3 is 5.97 Å². The second kappa shape index (κ2) is 7.70. The number of carboxylic acid groups (broad SMARTS) is 1. The number of oxazole rings is 1. The number of carbonyl (C=O) groups is 2. The smallest absolute Gasteiger partial charge is 0.306 e. The van der Waals surface area contributed by atoms with E-state index in [2.05, 4.69) is 4.98 Å². The van der Waals surface area contributed by atoms with Crippen molar-refractivity contribution in [2.75, 3.05) is 13.1 Å². The first-order chi connectivity index (χ1) is 12.0. The maximum atomic E-state index is 12.3. The third kappa shape index (κ3) is 4.20. The molecule has 0 radical (unpaired) electrons. The van der Waals surface area contributed by atoms with Crippen LogP contribution < -0.4 is 0 Å². The van der Waals surface area contributed by atoms with Crippen molar-refractivity contribution in [3.8, 4) is 11.3 Å². The predicted octanol–water partition coefficient (Wildman–Crippen LogP) is 3.25. The Bertz CT molecular complexity index is 766. The molecule has 0 spiro atoms. The Morgan fingerprint density at radius 3 is 2.68 bits per heavy atom. The Kier molecular flexibility index (Phi) is 5.38. The lowest BCUT2D eigenvalue weighted by atomic mass is 9.97. The van der Waals surface area contributed by atoms with Gasteiger partial charge in [0.2, 0.25) is 5.91 Å². The van der Waals surface area contributed by atoms with Crippen molar-refractivity contribution in [1.29, 1.82) is 0 Å². The van der Waals surface area contributed by atoms with Gasteiger partial charge in [-0.1, -0.05) is 23.7 Å². The summed E-state index contributed by atoms with van der Waals surface area (Å²) in [6, 6.07) is 7.34. The lowest BCUT2D eigenvalue weighted by Crippen LogP contribution is -2.40. The van der Waals surface area contributed by atoms with E-state index in [1.165, 1.54) is 0 Å². The minimum Gasteiger partial charge on any atom is -0.481 e. The van der Waals surface area contributed by atoms with Crippen molar-refractivity contribution in [3.05, 3.63) is 41.4 Å². The Labute approximate surface area is 150 Å². The molecule has 1 aromatic carbocycles. The highest BCUT2D eigenvalue weighted by atomic mass is 35.5. The van der Waals surface area contributed by atoms with Crippen LogP contribution in [0.3, 0.4) is 0 Å². The van der Waals surface area contributed by atoms with Crippen molar-refractivity contribution in [3.63, 3.8) is 0 Å². The molecule has 132 valence electrons. The fourth-order valence-corrected chi connectivity index (χ4v) is 3.19. The van der Waals surface area contributed by atoms with Gasteiger partial charge < -0.3 is 14.4 Å². The van der Waals surface area contributed by atoms with Crippen molar-refractivity contribution in [1.82, 2.24) is 9.88 Å². The average molecular weight is 363 g/mol. The summed E-state index contributed by atoms with van der Waals surface area (Å²) in [5.41, 5.74) is 0.769. The molecular formula is C18H19ClN2O4. The van der Waals surface area contributed by atoms with Crippen LogP contribution in [0.4, 0.5) is 0 Å². The number of amides is 1. The fourth-order valence-electron chi connectivity index (χ4n) is 2.96. The molecule has 0 bridgehead atoms. The molecule has 6 nitrogen and oxygen atoms in total. The van der Waals surface area contributed by atoms with Gasteiger partial charge in [-0.2, -0.15) is 0 Å². The van der Waals surface area contributed by atoms with Crippen LogP contribution in [0.5, 0.6) is 0 Å². The van der Waals surface area contributed by atoms with E-state index in [4.69, 9.17) is 21.1 Å². The zero-order valence-electron chi connectivity index (χ0n) is 13.7. The summed E-state index contributed by atoms with van der Waals surface area (Å²) >= 11 is 6.14. The first kappa shape index (κ1) is 17.5. The maximum Gasteiger partial charge on any atom is 0.306 e. The normalized spacial score (nSPS) is 15.3. The summed E-state index contributed by atoms with van der Waals surface area (Å²) in [6.45, 7) is 0.985. The van der Waals surface area contributed by atoms with Gasteiger partial charge in [-0.25, -0.2) is 4.98 Å². The molecule has 1 saturated heterocycles. The lowest BCUT2D eigenvalue weighted by molar-refractivity contribution is -0.145. The van der Waals surface area contributed by atoms with Crippen molar-refractivity contribution < 1.29 is 19.1 Å². The molecule has 1 aliphatic heterocycles. The number of hydrogen-bond acceptors (Lipinski definition) is 4. The number of carbonyl (C=O) groups excluding carboxylic acids is 1. The number of aromatic nitrogens is 1. The van der Waals surface area contributed by atoms with Gasteiger partial charge in [-0.3, -0.25) is 9.59 Å². The highest BCUT2D eigenvalue weighted by Crippen LogP contribution is 2.28. The Morgan fingerprint density at radius 2 is 2.00 bits per heavy atom. The highest BCUT2D eigenvalue weighted by Gasteiger charge is 2.26. The predicted molar refractivity (Wildman–Crippen MR) is 92.2 cm³/mol. The van der Waals surface area contributed by atoms with E-state index in [1.807, 2.05) is 18.2 Å². The third-order valence-electron chi connectivity index (χ3n) is 4.44. The number of carboxylic acids is 1. The highest BCUT2D eigenvalue weighted by molar-refractivity contribution is 6.33. The van der Waals surface area contributed by atoms with Gasteiger partial charge in [0.15, 0.2) is 11.7 Å². The summed E-state index contributed by atoms with van der Waals surface area (Å²) in [5.74, 6) is -0.0479. The number of hydrogen-bond donors (Lipinski definition) is 1. The van der Waals surface area contributed by atoms with E-state index < -0.39 is 5.97 Å². The Morgan fingerprint density at radius 1 is 1.28 bits per heavy atom. The quantitative estimate of drug-likeness (QED) is 0.882. The second-order valence-electron chi connectivity index (χ2n) is 6.09. The van der Waals surface area contributed by atoms with Crippen LogP contribution in [-0.4, -0.2) is 40.0 Å². The molecule has 0 atom stereocenters. The monoisotopic (exact) mass is 362 g/mol. The number of halogens is 1. The van der Waals surface area contributed by atoms with Crippen LogP contribution in [0, 0.1) is 5.92 Å². The number of nitrogens with zero attached hydrogens (tertiary/aromatic N) is 2. The zero-order valence-corrected chi connectivity index (χ0v) is 14.4. The average Bonchev–Trinajstić information content (AvgIpc) is 3.09. The van der Waals surface area contributed by atoms with Gasteiger partial charge in [-0.15, -0.1) is 0 Å². The number of benzene rings is 1. The van der Waals surface area contributed by atoms with E-state index in [9.17, 15) is 9.59 Å². The molecule has 1 N–H and O–H groups in total. The molecule has 1 aliphatic rings. The third-order valence-corrected chi connectivity index (χ3v) is 4.77. The van der Waals surface area contributed by atoms with E-state index in [1.54, 1.807) is 17.2 Å². The van der Waals surface area contributed by atoms with Crippen molar-refractivity contribution in [2.24, 2.45) is 5.92 Å². The number of likely N-dealkylation sites (tertiary alicyclic amines) is 1. The second-order valence-corrected chi connectivity index (χ2v) is 6.50. The summed E-state index contributed by atoms with van der Waals surface area (Å²) in [7, 11) is 0. The van der Waals surface area contributed by atoms with E-state index in [-0.39, 0.29) is 11.8 Å². The standard InChI is InChI=1S/C18H19ClN2O4/c19-14-4-2-1-3-13(14)15-11-20-16(25-15)5-6-17(22)21-9-7-12(8-10-21)18(23)24/h1-4,11-12H,5-10H2,(H,23,24). The summed E-state index contributed by atoms with van der Waals surface area (Å²) in [4.78, 5) is 29.1. The number of rotatable bonds is 5. The fraction of sp³-hybridized carbons (Fsp3) is 0.389. The van der Waals surface area contributed by atoms with Crippen LogP contribution in [0.1, 0.15) is 25.2 Å². The minimum absolute atomic E-state index is 0.00123. The molecule has 0 unspecified atom stereocenters. The summed E-state index contributed by atoms with van der Waals surface area (Å²) in [5, 5.41) is 9.58. The molecule has 25 heavy (non-hydrogen) atoms. The molecular weight excluding hydrogens is 344 g/mol. The Balaban J connectivity index is 1.53. The van der Waals surface area contributed by atoms with Crippen LogP contribution in [-0.2, 0) is 16.0 Å². The topological polar surface area (TPSA) is 83.6 Å². The van der Waals surface area contributed by atoms with Gasteiger partial charge in [0, 0.05) is 31.5 Å². The Hall–Kier alpha value is -2.34. The first-order valence-corrected chi connectivity index (χ1v) is 8.62. The van der Waals surface area contributed by atoms with Gasteiger partial charge in [-0.05, 0) is 25.0 Å². The van der Waals surface area contributed by atoms with Crippen molar-refractivity contribution >= 4 is 23.5 Å². The molecule has 1 aromatic heterocycles. The lowest BCUT2D eigenvalue weighted by Gasteiger charge is -2.30. The molecule has 1 amide bonds. The summed E-state index contributed by atoms with van der Waals surface area (Å²) in [6.07, 6.45) is 3.33. The van der Waals surface area contributed by atoms with Crippen LogP contribution in [0.15, 0.2) is 34.9 Å². The van der Waals surface area contributed by atoms with Crippen LogP contribution >= 0.6 is 11.6 Å². The van der Waals surface area contributed by atoms with E-state index >= 15 is 0 Å². The van der Waals surface area contributed by atoms with Crippen LogP contribution in [0.2, 0.25) is 5.02 Å². The largest absolute Gasteiger partial charge is 0.481 e. The minimum atomic E-state index is -0.779. The van der Waals surface area contributed by atoms with Gasteiger partial charge in [0.1, 0.15) is 0 Å². The molecule has 1 fully saturated rings. The maximum absolute atomic E-state index is 12.3. The van der Waals surface area contributed by atoms with E-state index in [0.29, 0.717) is 55.4 Å². The zero-order chi connectivity index (χ0) is 17.8. The molecule has 0 aliphatic carbocycles.